The highest BCUT2D eigenvalue weighted by Gasteiger charge is 2.20. The van der Waals surface area contributed by atoms with Crippen LogP contribution in [-0.2, 0) is 0 Å². The Kier molecular flexibility index (Phi) is 4.76. The van der Waals surface area contributed by atoms with Gasteiger partial charge in [-0.15, -0.1) is 0 Å². The van der Waals surface area contributed by atoms with Crippen LogP contribution in [0, 0.1) is 10.1 Å². The van der Waals surface area contributed by atoms with Gasteiger partial charge in [0.1, 0.15) is 5.69 Å². The molecule has 1 N–H and O–H groups in total. The number of nitro benzene ring substituents is 1. The lowest BCUT2D eigenvalue weighted by Gasteiger charge is -2.29. The third-order valence-electron chi connectivity index (χ3n) is 3.45. The van der Waals surface area contributed by atoms with Crippen LogP contribution in [-0.4, -0.2) is 31.1 Å². The molecule has 1 aliphatic heterocycles. The predicted molar refractivity (Wildman–Crippen MR) is 79.7 cm³/mol. The molecule has 1 heterocycles. The lowest BCUT2D eigenvalue weighted by molar-refractivity contribution is -0.384. The number of likely N-dealkylation sites (N-methyl/N-ethyl adjacent to an activating group) is 1. The van der Waals surface area contributed by atoms with Gasteiger partial charge in [0.05, 0.1) is 4.92 Å². The van der Waals surface area contributed by atoms with Gasteiger partial charge in [-0.3, -0.25) is 10.1 Å². The van der Waals surface area contributed by atoms with Crippen LogP contribution < -0.4 is 10.2 Å². The fourth-order valence-electron chi connectivity index (χ4n) is 2.47. The van der Waals surface area contributed by atoms with Gasteiger partial charge in [-0.2, -0.15) is 0 Å². The lowest BCUT2D eigenvalue weighted by atomic mass is 10.0. The monoisotopic (exact) mass is 327 g/mol. The van der Waals surface area contributed by atoms with Crippen LogP contribution in [0.2, 0.25) is 0 Å². The summed E-state index contributed by atoms with van der Waals surface area (Å²) >= 11 is 3.37. The average Bonchev–Trinajstić information content (AvgIpc) is 2.39. The first-order valence-electron chi connectivity index (χ1n) is 6.46. The summed E-state index contributed by atoms with van der Waals surface area (Å²) < 4.78 is 0.858. The van der Waals surface area contributed by atoms with E-state index in [9.17, 15) is 10.1 Å². The zero-order chi connectivity index (χ0) is 13.8. The molecule has 1 aromatic carbocycles. The molecule has 1 atom stereocenters. The Bertz CT molecular complexity index is 461. The number of hydrogen-bond donors (Lipinski definition) is 1. The molecule has 104 valence electrons. The van der Waals surface area contributed by atoms with E-state index >= 15 is 0 Å². The lowest BCUT2D eigenvalue weighted by Crippen LogP contribution is -2.42. The summed E-state index contributed by atoms with van der Waals surface area (Å²) in [7, 11) is 1.91. The Labute approximate surface area is 121 Å². The standard InChI is InChI=1S/C13H18BrN3O2/c1-16(9-11-4-2-3-7-15-11)13-8-10(14)5-6-12(13)17(18)19/h5-6,8,11,15H,2-4,7,9H2,1H3. The average molecular weight is 328 g/mol. The Hall–Kier alpha value is -1.14. The number of nitrogens with zero attached hydrogens (tertiary/aromatic N) is 2. The van der Waals surface area contributed by atoms with Crippen molar-refractivity contribution in [2.24, 2.45) is 0 Å². The second-order valence-electron chi connectivity index (χ2n) is 4.92. The molecule has 1 unspecified atom stereocenters. The summed E-state index contributed by atoms with van der Waals surface area (Å²) in [6.45, 7) is 1.83. The van der Waals surface area contributed by atoms with Crippen molar-refractivity contribution in [1.29, 1.82) is 0 Å². The Morgan fingerprint density at radius 3 is 2.95 bits per heavy atom. The predicted octanol–water partition coefficient (Wildman–Crippen LogP) is 2.94. The topological polar surface area (TPSA) is 58.4 Å². The zero-order valence-electron chi connectivity index (χ0n) is 10.9. The first-order chi connectivity index (χ1) is 9.08. The molecule has 0 aromatic heterocycles. The maximum atomic E-state index is 11.1. The highest BCUT2D eigenvalue weighted by atomic mass is 79.9. The summed E-state index contributed by atoms with van der Waals surface area (Å²) in [5.41, 5.74) is 0.813. The summed E-state index contributed by atoms with van der Waals surface area (Å²) in [5.74, 6) is 0. The second-order valence-corrected chi connectivity index (χ2v) is 5.83. The summed E-state index contributed by atoms with van der Waals surface area (Å²) in [6.07, 6.45) is 3.58. The van der Waals surface area contributed by atoms with E-state index in [1.54, 1.807) is 18.2 Å². The molecule has 0 spiro atoms. The summed E-state index contributed by atoms with van der Waals surface area (Å²) in [6, 6.07) is 5.47. The number of piperidine rings is 1. The van der Waals surface area contributed by atoms with Gasteiger partial charge in [0.2, 0.25) is 0 Å². The number of halogens is 1. The van der Waals surface area contributed by atoms with Gasteiger partial charge in [0, 0.05) is 30.2 Å². The number of benzene rings is 1. The molecule has 0 amide bonds. The largest absolute Gasteiger partial charge is 0.367 e. The van der Waals surface area contributed by atoms with Crippen molar-refractivity contribution in [1.82, 2.24) is 5.32 Å². The van der Waals surface area contributed by atoms with Gasteiger partial charge in [-0.25, -0.2) is 0 Å². The van der Waals surface area contributed by atoms with Crippen LogP contribution in [0.1, 0.15) is 19.3 Å². The van der Waals surface area contributed by atoms with Crippen molar-refractivity contribution < 1.29 is 4.92 Å². The zero-order valence-corrected chi connectivity index (χ0v) is 12.5. The van der Waals surface area contributed by atoms with E-state index in [0.717, 1.165) is 24.0 Å². The van der Waals surface area contributed by atoms with Gasteiger partial charge in [0.15, 0.2) is 0 Å². The molecule has 0 bridgehead atoms. The Morgan fingerprint density at radius 2 is 2.32 bits per heavy atom. The highest BCUT2D eigenvalue weighted by molar-refractivity contribution is 9.10. The molecule has 1 fully saturated rings. The van der Waals surface area contributed by atoms with Crippen molar-refractivity contribution in [3.05, 3.63) is 32.8 Å². The number of nitrogens with one attached hydrogen (secondary N) is 1. The SMILES string of the molecule is CN(CC1CCCCN1)c1cc(Br)ccc1[N+](=O)[O-]. The van der Waals surface area contributed by atoms with Crippen molar-refractivity contribution >= 4 is 27.3 Å². The van der Waals surface area contributed by atoms with Crippen molar-refractivity contribution in [2.45, 2.75) is 25.3 Å². The van der Waals surface area contributed by atoms with Gasteiger partial charge in [-0.1, -0.05) is 22.4 Å². The normalized spacial score (nSPS) is 19.2. The number of rotatable bonds is 4. The van der Waals surface area contributed by atoms with Crippen molar-refractivity contribution in [3.8, 4) is 0 Å². The van der Waals surface area contributed by atoms with E-state index < -0.39 is 0 Å². The maximum Gasteiger partial charge on any atom is 0.292 e. The highest BCUT2D eigenvalue weighted by Crippen LogP contribution is 2.30. The fraction of sp³-hybridized carbons (Fsp3) is 0.538. The van der Waals surface area contributed by atoms with E-state index in [1.165, 1.54) is 12.8 Å². The number of hydrogen-bond acceptors (Lipinski definition) is 4. The van der Waals surface area contributed by atoms with Gasteiger partial charge in [0.25, 0.3) is 5.69 Å². The molecule has 1 aliphatic rings. The van der Waals surface area contributed by atoms with Gasteiger partial charge < -0.3 is 10.2 Å². The van der Waals surface area contributed by atoms with E-state index in [-0.39, 0.29) is 10.6 Å². The molecular formula is C13H18BrN3O2. The first kappa shape index (κ1) is 14.3. The fourth-order valence-corrected chi connectivity index (χ4v) is 2.81. The molecule has 1 aromatic rings. The third kappa shape index (κ3) is 3.67. The molecule has 6 heteroatoms. The van der Waals surface area contributed by atoms with Crippen LogP contribution in [0.15, 0.2) is 22.7 Å². The summed E-state index contributed by atoms with van der Waals surface area (Å²) in [5, 5.41) is 14.5. The van der Waals surface area contributed by atoms with Crippen LogP contribution in [0.4, 0.5) is 11.4 Å². The van der Waals surface area contributed by atoms with Crippen LogP contribution in [0.25, 0.3) is 0 Å². The molecule has 2 rings (SSSR count). The Morgan fingerprint density at radius 1 is 1.53 bits per heavy atom. The smallest absolute Gasteiger partial charge is 0.292 e. The minimum absolute atomic E-state index is 0.154. The molecule has 1 saturated heterocycles. The van der Waals surface area contributed by atoms with Crippen molar-refractivity contribution in [3.63, 3.8) is 0 Å². The number of nitro groups is 1. The molecule has 19 heavy (non-hydrogen) atoms. The van der Waals surface area contributed by atoms with E-state index in [2.05, 4.69) is 21.2 Å². The minimum atomic E-state index is -0.327. The molecular weight excluding hydrogens is 310 g/mol. The van der Waals surface area contributed by atoms with Crippen LogP contribution in [0.5, 0.6) is 0 Å². The Balaban J connectivity index is 2.14. The first-order valence-corrected chi connectivity index (χ1v) is 7.25. The maximum absolute atomic E-state index is 11.1. The molecule has 0 saturated carbocycles. The van der Waals surface area contributed by atoms with Crippen LogP contribution >= 0.6 is 15.9 Å². The van der Waals surface area contributed by atoms with E-state index in [0.29, 0.717) is 11.7 Å². The molecule has 0 aliphatic carbocycles. The van der Waals surface area contributed by atoms with Gasteiger partial charge >= 0.3 is 0 Å². The quantitative estimate of drug-likeness (QED) is 0.682. The molecule has 5 nitrogen and oxygen atoms in total. The van der Waals surface area contributed by atoms with Crippen LogP contribution in [0.3, 0.4) is 0 Å². The second kappa shape index (κ2) is 6.34. The van der Waals surface area contributed by atoms with Gasteiger partial charge in [-0.05, 0) is 31.5 Å². The summed E-state index contributed by atoms with van der Waals surface area (Å²) in [4.78, 5) is 12.7. The third-order valence-corrected chi connectivity index (χ3v) is 3.95. The number of anilines is 1. The van der Waals surface area contributed by atoms with E-state index in [4.69, 9.17) is 0 Å². The molecule has 0 radical (unpaired) electrons. The van der Waals surface area contributed by atoms with Crippen molar-refractivity contribution in [2.75, 3.05) is 25.0 Å². The van der Waals surface area contributed by atoms with E-state index in [1.807, 2.05) is 11.9 Å². The minimum Gasteiger partial charge on any atom is -0.367 e.